The molecule has 18 heavy (non-hydrogen) atoms. The molecule has 0 saturated carbocycles. The van der Waals surface area contributed by atoms with E-state index in [0.717, 1.165) is 22.3 Å². The Morgan fingerprint density at radius 3 is 2.78 bits per heavy atom. The molecule has 100 valence electrons. The van der Waals surface area contributed by atoms with Crippen molar-refractivity contribution in [2.75, 3.05) is 23.4 Å². The lowest BCUT2D eigenvalue weighted by Crippen LogP contribution is -2.53. The quantitative estimate of drug-likeness (QED) is 0.888. The third-order valence-electron chi connectivity index (χ3n) is 3.31. The molecule has 1 heterocycles. The first kappa shape index (κ1) is 14.2. The number of thioether (sulfide) groups is 1. The zero-order chi connectivity index (χ0) is 13.2. The van der Waals surface area contributed by atoms with Crippen LogP contribution < -0.4 is 11.1 Å². The average Bonchev–Trinajstić information content (AvgIpc) is 2.27. The molecular weight excluding hydrogens is 308 g/mol. The molecule has 1 aromatic carbocycles. The van der Waals surface area contributed by atoms with Gasteiger partial charge in [-0.15, -0.1) is 0 Å². The second-order valence-electron chi connectivity index (χ2n) is 5.95. The molecular formula is C14H21BrN2S. The summed E-state index contributed by atoms with van der Waals surface area (Å²) < 4.78 is 1.10. The summed E-state index contributed by atoms with van der Waals surface area (Å²) in [5.74, 6) is 2.30. The molecule has 0 aliphatic carbocycles. The van der Waals surface area contributed by atoms with Crippen LogP contribution in [0.2, 0.25) is 0 Å². The molecule has 2 rings (SSSR count). The van der Waals surface area contributed by atoms with E-state index in [2.05, 4.69) is 53.3 Å². The number of nitrogens with two attached hydrogens (primary N) is 1. The van der Waals surface area contributed by atoms with Gasteiger partial charge in [0.05, 0.1) is 5.54 Å². The van der Waals surface area contributed by atoms with Gasteiger partial charge in [-0.3, -0.25) is 0 Å². The van der Waals surface area contributed by atoms with Gasteiger partial charge in [0.1, 0.15) is 0 Å². The van der Waals surface area contributed by atoms with Gasteiger partial charge in [0.2, 0.25) is 0 Å². The van der Waals surface area contributed by atoms with Crippen LogP contribution in [-0.2, 0) is 0 Å². The van der Waals surface area contributed by atoms with E-state index in [1.54, 1.807) is 0 Å². The zero-order valence-electron chi connectivity index (χ0n) is 11.0. The van der Waals surface area contributed by atoms with Gasteiger partial charge in [0.25, 0.3) is 0 Å². The van der Waals surface area contributed by atoms with E-state index in [0.29, 0.717) is 12.0 Å². The topological polar surface area (TPSA) is 38.0 Å². The molecule has 1 aliphatic rings. The fraction of sp³-hybridized carbons (Fsp3) is 0.571. The molecule has 1 fully saturated rings. The van der Waals surface area contributed by atoms with Gasteiger partial charge in [-0.1, -0.05) is 35.8 Å². The first-order valence-corrected chi connectivity index (χ1v) is 8.21. The minimum Gasteiger partial charge on any atom is -0.377 e. The molecule has 1 aliphatic heterocycles. The number of rotatable bonds is 3. The molecule has 1 atom stereocenters. The van der Waals surface area contributed by atoms with Crippen LogP contribution in [-0.4, -0.2) is 23.6 Å². The van der Waals surface area contributed by atoms with Crippen LogP contribution in [0, 0.1) is 5.41 Å². The maximum absolute atomic E-state index is 6.06. The van der Waals surface area contributed by atoms with E-state index in [1.165, 1.54) is 5.75 Å². The molecule has 1 aromatic rings. The highest BCUT2D eigenvalue weighted by molar-refractivity contribution is 9.10. The molecule has 3 N–H and O–H groups in total. The van der Waals surface area contributed by atoms with Crippen LogP contribution in [0.3, 0.4) is 0 Å². The number of nitrogens with one attached hydrogen (secondary N) is 1. The van der Waals surface area contributed by atoms with Crippen molar-refractivity contribution in [1.82, 2.24) is 0 Å². The van der Waals surface area contributed by atoms with Crippen molar-refractivity contribution in [3.8, 4) is 0 Å². The molecule has 2 nitrogen and oxygen atoms in total. The van der Waals surface area contributed by atoms with E-state index < -0.39 is 0 Å². The lowest BCUT2D eigenvalue weighted by atomic mass is 9.79. The Kier molecular flexibility index (Phi) is 4.29. The molecule has 0 aromatic heterocycles. The highest BCUT2D eigenvalue weighted by Gasteiger charge is 2.39. The van der Waals surface area contributed by atoms with Gasteiger partial charge >= 0.3 is 0 Å². The summed E-state index contributed by atoms with van der Waals surface area (Å²) >= 11 is 5.52. The largest absolute Gasteiger partial charge is 0.377 e. The van der Waals surface area contributed by atoms with Crippen LogP contribution in [0.25, 0.3) is 0 Å². The molecule has 1 unspecified atom stereocenters. The first-order valence-electron chi connectivity index (χ1n) is 6.26. The monoisotopic (exact) mass is 328 g/mol. The maximum Gasteiger partial charge on any atom is 0.0591 e. The van der Waals surface area contributed by atoms with Crippen molar-refractivity contribution in [2.24, 2.45) is 11.1 Å². The van der Waals surface area contributed by atoms with Crippen molar-refractivity contribution in [3.63, 3.8) is 0 Å². The van der Waals surface area contributed by atoms with Gasteiger partial charge in [-0.2, -0.15) is 11.8 Å². The summed E-state index contributed by atoms with van der Waals surface area (Å²) in [6, 6.07) is 8.32. The summed E-state index contributed by atoms with van der Waals surface area (Å²) in [6.07, 6.45) is 1.12. The van der Waals surface area contributed by atoms with Crippen molar-refractivity contribution < 1.29 is 0 Å². The Labute approximate surface area is 122 Å². The lowest BCUT2D eigenvalue weighted by molar-refractivity contribution is 0.290. The maximum atomic E-state index is 6.06. The van der Waals surface area contributed by atoms with Crippen LogP contribution in [0.1, 0.15) is 20.3 Å². The van der Waals surface area contributed by atoms with Crippen molar-refractivity contribution >= 4 is 33.4 Å². The molecule has 1 saturated heterocycles. The van der Waals surface area contributed by atoms with Gasteiger partial charge in [-0.05, 0) is 35.8 Å². The smallest absolute Gasteiger partial charge is 0.0591 e. The number of halogens is 1. The molecule has 0 spiro atoms. The number of anilines is 1. The number of benzene rings is 1. The predicted molar refractivity (Wildman–Crippen MR) is 85.3 cm³/mol. The Morgan fingerprint density at radius 1 is 1.39 bits per heavy atom. The van der Waals surface area contributed by atoms with Crippen molar-refractivity contribution in [3.05, 3.63) is 28.7 Å². The van der Waals surface area contributed by atoms with E-state index in [4.69, 9.17) is 5.73 Å². The molecule has 4 heteroatoms. The van der Waals surface area contributed by atoms with Gasteiger partial charge in [-0.25, -0.2) is 0 Å². The standard InChI is InChI=1S/C14H21BrN2S/c1-13(2)7-14(8-16,10-18-9-13)17-12-5-3-4-11(15)6-12/h3-6,17H,7-10,16H2,1-2H3. The van der Waals surface area contributed by atoms with Gasteiger partial charge in [0, 0.05) is 22.5 Å². The summed E-state index contributed by atoms with van der Waals surface area (Å²) in [4.78, 5) is 0. The molecule has 0 amide bonds. The Morgan fingerprint density at radius 2 is 2.17 bits per heavy atom. The molecule has 0 bridgehead atoms. The van der Waals surface area contributed by atoms with E-state index >= 15 is 0 Å². The van der Waals surface area contributed by atoms with Crippen LogP contribution in [0.15, 0.2) is 28.7 Å². The van der Waals surface area contributed by atoms with Gasteiger partial charge in [0.15, 0.2) is 0 Å². The second kappa shape index (κ2) is 5.43. The first-order chi connectivity index (χ1) is 8.45. The second-order valence-corrected chi connectivity index (χ2v) is 7.85. The fourth-order valence-corrected chi connectivity index (χ4v) is 4.51. The Bertz CT molecular complexity index is 422. The predicted octanol–water partition coefficient (Wildman–Crippen LogP) is 3.72. The summed E-state index contributed by atoms with van der Waals surface area (Å²) in [5.41, 5.74) is 7.57. The third kappa shape index (κ3) is 3.43. The van der Waals surface area contributed by atoms with Crippen LogP contribution in [0.5, 0.6) is 0 Å². The SMILES string of the molecule is CC1(C)CSCC(CN)(Nc2cccc(Br)c2)C1. The average molecular weight is 329 g/mol. The van der Waals surface area contributed by atoms with Crippen LogP contribution in [0.4, 0.5) is 5.69 Å². The third-order valence-corrected chi connectivity index (χ3v) is 5.55. The van der Waals surface area contributed by atoms with Crippen molar-refractivity contribution in [2.45, 2.75) is 25.8 Å². The minimum atomic E-state index is 0.0210. The summed E-state index contributed by atoms with van der Waals surface area (Å²) in [6.45, 7) is 5.33. The lowest BCUT2D eigenvalue weighted by Gasteiger charge is -2.45. The highest BCUT2D eigenvalue weighted by atomic mass is 79.9. The van der Waals surface area contributed by atoms with Crippen LogP contribution >= 0.6 is 27.7 Å². The van der Waals surface area contributed by atoms with Gasteiger partial charge < -0.3 is 11.1 Å². The molecule has 0 radical (unpaired) electrons. The summed E-state index contributed by atoms with van der Waals surface area (Å²) in [5, 5.41) is 3.66. The Hall–Kier alpha value is -0.190. The minimum absolute atomic E-state index is 0.0210. The number of hydrogen-bond donors (Lipinski definition) is 2. The fourth-order valence-electron chi connectivity index (χ4n) is 2.68. The highest BCUT2D eigenvalue weighted by Crippen LogP contribution is 2.40. The zero-order valence-corrected chi connectivity index (χ0v) is 13.4. The van der Waals surface area contributed by atoms with E-state index in [-0.39, 0.29) is 5.54 Å². The van der Waals surface area contributed by atoms with Crippen molar-refractivity contribution in [1.29, 1.82) is 0 Å². The Balaban J connectivity index is 2.18. The van der Waals surface area contributed by atoms with E-state index in [1.807, 2.05) is 17.8 Å². The van der Waals surface area contributed by atoms with E-state index in [9.17, 15) is 0 Å². The number of hydrogen-bond acceptors (Lipinski definition) is 3. The normalized spacial score (nSPS) is 26.9. The summed E-state index contributed by atoms with van der Waals surface area (Å²) in [7, 11) is 0.